The quantitative estimate of drug-likeness (QED) is 0.364. The van der Waals surface area contributed by atoms with Crippen LogP contribution >= 0.6 is 0 Å². The van der Waals surface area contributed by atoms with Crippen molar-refractivity contribution in [2.24, 2.45) is 5.41 Å². The number of ether oxygens (including phenoxy) is 2. The van der Waals surface area contributed by atoms with Gasteiger partial charge < -0.3 is 14.6 Å². The maximum atomic E-state index is 13.5. The second-order valence-corrected chi connectivity index (χ2v) is 12.6. The molecule has 0 aromatic heterocycles. The number of hydrogen-bond acceptors (Lipinski definition) is 4. The number of carboxylic acids is 1. The molecule has 2 aliphatic rings. The van der Waals surface area contributed by atoms with Crippen molar-refractivity contribution in [1.82, 2.24) is 4.90 Å². The molecule has 0 unspecified atom stereocenters. The topological polar surface area (TPSA) is 76.1 Å². The van der Waals surface area contributed by atoms with Crippen LogP contribution in [0.3, 0.4) is 0 Å². The highest BCUT2D eigenvalue weighted by Gasteiger charge is 2.42. The van der Waals surface area contributed by atoms with Gasteiger partial charge in [-0.15, -0.1) is 0 Å². The summed E-state index contributed by atoms with van der Waals surface area (Å²) in [4.78, 5) is 26.7. The van der Waals surface area contributed by atoms with E-state index in [-0.39, 0.29) is 12.0 Å². The molecule has 41 heavy (non-hydrogen) atoms. The summed E-state index contributed by atoms with van der Waals surface area (Å²) in [5, 5.41) is 9.82. The van der Waals surface area contributed by atoms with Gasteiger partial charge in [0.2, 0.25) is 0 Å². The van der Waals surface area contributed by atoms with E-state index in [1.54, 1.807) is 57.9 Å². The molecule has 0 radical (unpaired) electrons. The van der Waals surface area contributed by atoms with Crippen LogP contribution in [0.1, 0.15) is 87.8 Å². The smallest absolute Gasteiger partial charge is 0.416 e. The van der Waals surface area contributed by atoms with Gasteiger partial charge >= 0.3 is 18.2 Å². The van der Waals surface area contributed by atoms with Crippen molar-refractivity contribution in [1.29, 1.82) is 0 Å². The molecule has 0 bridgehead atoms. The van der Waals surface area contributed by atoms with Crippen molar-refractivity contribution in [2.75, 3.05) is 13.7 Å². The molecule has 1 heterocycles. The summed E-state index contributed by atoms with van der Waals surface area (Å²) in [5.74, 6) is -0.339. The number of allylic oxidation sites excluding steroid dienone is 1. The van der Waals surface area contributed by atoms with Crippen LogP contribution in [0, 0.1) is 12.3 Å². The fraction of sp³-hybridized carbons (Fsp3) is 0.500. The lowest BCUT2D eigenvalue weighted by atomic mass is 9.72. The number of amides is 1. The van der Waals surface area contributed by atoms with Gasteiger partial charge in [0.05, 0.1) is 24.1 Å². The number of aliphatic carboxylic acids is 1. The van der Waals surface area contributed by atoms with Crippen molar-refractivity contribution in [3.63, 3.8) is 0 Å². The number of benzene rings is 2. The lowest BCUT2D eigenvalue weighted by Gasteiger charge is -2.36. The number of halogens is 3. The van der Waals surface area contributed by atoms with Crippen LogP contribution in [-0.2, 0) is 21.1 Å². The first-order chi connectivity index (χ1) is 18.9. The molecule has 1 aliphatic carbocycles. The highest BCUT2D eigenvalue weighted by atomic mass is 19.4. The Morgan fingerprint density at radius 2 is 1.83 bits per heavy atom. The first kappa shape index (κ1) is 30.5. The van der Waals surface area contributed by atoms with E-state index in [2.05, 4.69) is 13.8 Å². The van der Waals surface area contributed by atoms with Crippen molar-refractivity contribution in [2.45, 2.75) is 84.5 Å². The number of nitrogens with zero attached hydrogens (tertiary/aromatic N) is 1. The molecule has 9 heteroatoms. The van der Waals surface area contributed by atoms with Gasteiger partial charge in [-0.2, -0.15) is 13.2 Å². The van der Waals surface area contributed by atoms with Crippen LogP contribution in [0.15, 0.2) is 42.0 Å². The summed E-state index contributed by atoms with van der Waals surface area (Å²) in [6.45, 7) is 11.2. The van der Waals surface area contributed by atoms with Crippen molar-refractivity contribution in [3.05, 3.63) is 69.8 Å². The van der Waals surface area contributed by atoms with Crippen LogP contribution in [0.25, 0.3) is 5.57 Å². The third kappa shape index (κ3) is 6.09. The molecule has 1 fully saturated rings. The number of carbonyl (C=O) groups is 2. The number of methoxy groups -OCH3 is 1. The molecule has 2 aromatic carbocycles. The number of carboxylic acid groups (broad SMARTS) is 1. The highest BCUT2D eigenvalue weighted by Crippen LogP contribution is 2.46. The highest BCUT2D eigenvalue weighted by molar-refractivity contribution is 5.82. The standard InChI is InChI=1S/C32H38F3NO5/c1-18-12-20(14-23(13-18)32(33,34)35)27-19(2)36(29(39)41-27)17-21-16-30(3,4)11-10-24(21)25-15-22(8-9-26(25)40-7)31(5,6)28(37)38/h8-9,12-15,19,27H,10-11,16-17H2,1-7H3,(H,37,38)/t19-,27-/m0/s1. The van der Waals surface area contributed by atoms with Crippen LogP contribution in [-0.4, -0.2) is 41.8 Å². The minimum Gasteiger partial charge on any atom is -0.496 e. The van der Waals surface area contributed by atoms with Crippen molar-refractivity contribution >= 4 is 17.6 Å². The van der Waals surface area contributed by atoms with Crippen LogP contribution < -0.4 is 4.74 Å². The summed E-state index contributed by atoms with van der Waals surface area (Å²) >= 11 is 0. The number of aryl methyl sites for hydroxylation is 1. The van der Waals surface area contributed by atoms with Crippen molar-refractivity contribution in [3.8, 4) is 5.75 Å². The van der Waals surface area contributed by atoms with E-state index in [0.717, 1.165) is 35.3 Å². The van der Waals surface area contributed by atoms with E-state index in [9.17, 15) is 27.9 Å². The minimum atomic E-state index is -4.51. The van der Waals surface area contributed by atoms with Gasteiger partial charge in [0.25, 0.3) is 0 Å². The van der Waals surface area contributed by atoms with E-state index in [0.29, 0.717) is 35.3 Å². The Balaban J connectivity index is 1.75. The largest absolute Gasteiger partial charge is 0.496 e. The summed E-state index contributed by atoms with van der Waals surface area (Å²) in [6, 6.07) is 8.65. The molecule has 1 N–H and O–H groups in total. The zero-order valence-corrected chi connectivity index (χ0v) is 24.6. The second kappa shape index (κ2) is 10.7. The molecule has 2 atom stereocenters. The van der Waals surface area contributed by atoms with Crippen LogP contribution in [0.5, 0.6) is 5.75 Å². The lowest BCUT2D eigenvalue weighted by molar-refractivity contribution is -0.142. The zero-order valence-electron chi connectivity index (χ0n) is 24.6. The number of cyclic esters (lactones) is 1. The molecule has 4 rings (SSSR count). The number of hydrogen-bond donors (Lipinski definition) is 1. The first-order valence-electron chi connectivity index (χ1n) is 13.7. The molecular formula is C32H38F3NO5. The lowest BCUT2D eigenvalue weighted by Crippen LogP contribution is -2.35. The predicted octanol–water partition coefficient (Wildman–Crippen LogP) is 7.93. The summed E-state index contributed by atoms with van der Waals surface area (Å²) in [6.07, 6.45) is -3.68. The molecule has 1 amide bonds. The van der Waals surface area contributed by atoms with E-state index < -0.39 is 41.4 Å². The maximum Gasteiger partial charge on any atom is 0.416 e. The van der Waals surface area contributed by atoms with Crippen LogP contribution in [0.4, 0.5) is 18.0 Å². The first-order valence-corrected chi connectivity index (χ1v) is 13.7. The normalized spacial score (nSPS) is 21.2. The Hall–Kier alpha value is -3.49. The Bertz CT molecular complexity index is 1390. The summed E-state index contributed by atoms with van der Waals surface area (Å²) in [7, 11) is 1.56. The zero-order chi connectivity index (χ0) is 30.5. The molecule has 222 valence electrons. The maximum absolute atomic E-state index is 13.5. The van der Waals surface area contributed by atoms with E-state index >= 15 is 0 Å². The third-order valence-corrected chi connectivity index (χ3v) is 8.46. The SMILES string of the molecule is COc1ccc(C(C)(C)C(=O)O)cc1C1=C(CN2C(=O)O[C@H](c3cc(C)cc(C(F)(F)F)c3)[C@@H]2C)CC(C)(C)CC1. The number of alkyl halides is 3. The molecule has 0 spiro atoms. The average molecular weight is 574 g/mol. The van der Waals surface area contributed by atoms with E-state index in [1.807, 2.05) is 6.07 Å². The van der Waals surface area contributed by atoms with Gasteiger partial charge in [-0.05, 0) is 98.9 Å². The van der Waals surface area contributed by atoms with Crippen LogP contribution in [0.2, 0.25) is 0 Å². The molecule has 6 nitrogen and oxygen atoms in total. The Labute approximate surface area is 239 Å². The van der Waals surface area contributed by atoms with Crippen molar-refractivity contribution < 1.29 is 37.3 Å². The van der Waals surface area contributed by atoms with Gasteiger partial charge in [-0.3, -0.25) is 9.69 Å². The predicted molar refractivity (Wildman–Crippen MR) is 150 cm³/mol. The number of rotatable bonds is 7. The number of carbonyl (C=O) groups excluding carboxylic acids is 1. The summed E-state index contributed by atoms with van der Waals surface area (Å²) in [5.41, 5.74) is 2.20. The summed E-state index contributed by atoms with van der Waals surface area (Å²) < 4.78 is 51.9. The molecule has 0 saturated carbocycles. The Kier molecular flexibility index (Phi) is 7.97. The van der Waals surface area contributed by atoms with Gasteiger partial charge in [0.15, 0.2) is 0 Å². The average Bonchev–Trinajstić information content (AvgIpc) is 3.15. The second-order valence-electron chi connectivity index (χ2n) is 12.6. The van der Waals surface area contributed by atoms with Gasteiger partial charge in [-0.1, -0.05) is 31.5 Å². The fourth-order valence-corrected chi connectivity index (χ4v) is 5.85. The van der Waals surface area contributed by atoms with E-state index in [4.69, 9.17) is 9.47 Å². The van der Waals surface area contributed by atoms with E-state index in [1.165, 1.54) is 0 Å². The molecular weight excluding hydrogens is 535 g/mol. The minimum absolute atomic E-state index is 0.0472. The molecule has 1 aliphatic heterocycles. The Morgan fingerprint density at radius 1 is 1.15 bits per heavy atom. The van der Waals surface area contributed by atoms with Gasteiger partial charge in [0.1, 0.15) is 11.9 Å². The third-order valence-electron chi connectivity index (χ3n) is 8.46. The Morgan fingerprint density at radius 3 is 2.44 bits per heavy atom. The fourth-order valence-electron chi connectivity index (χ4n) is 5.85. The van der Waals surface area contributed by atoms with Gasteiger partial charge in [0, 0.05) is 12.1 Å². The molecule has 1 saturated heterocycles. The molecule has 2 aromatic rings. The monoisotopic (exact) mass is 573 g/mol. The van der Waals surface area contributed by atoms with Gasteiger partial charge in [-0.25, -0.2) is 4.79 Å².